The minimum Gasteiger partial charge on any atom is -0.376 e. The van der Waals surface area contributed by atoms with Crippen LogP contribution in [0.5, 0.6) is 0 Å². The lowest BCUT2D eigenvalue weighted by Gasteiger charge is -2.11. The molecule has 22 heavy (non-hydrogen) atoms. The molecule has 2 rings (SSSR count). The topological polar surface area (TPSA) is 58.2 Å². The Hall–Kier alpha value is -2.62. The van der Waals surface area contributed by atoms with Crippen LogP contribution in [0.2, 0.25) is 0 Å². The highest BCUT2D eigenvalue weighted by molar-refractivity contribution is 6.00. The number of hydrogen-bond donors (Lipinski definition) is 2. The fraction of sp³-hybridized carbons (Fsp3) is 0.222. The van der Waals surface area contributed by atoms with Crippen LogP contribution in [0.25, 0.3) is 0 Å². The number of carbonyl (C=O) groups excluding carboxylic acids is 2. The first-order valence-corrected chi connectivity index (χ1v) is 7.18. The van der Waals surface area contributed by atoms with Crippen molar-refractivity contribution in [2.45, 2.75) is 20.8 Å². The van der Waals surface area contributed by atoms with Gasteiger partial charge in [-0.2, -0.15) is 0 Å². The molecule has 2 aromatic rings. The van der Waals surface area contributed by atoms with Gasteiger partial charge in [-0.15, -0.1) is 0 Å². The van der Waals surface area contributed by atoms with Crippen molar-refractivity contribution < 1.29 is 9.59 Å². The number of anilines is 2. The highest BCUT2D eigenvalue weighted by Crippen LogP contribution is 2.16. The predicted molar refractivity (Wildman–Crippen MR) is 89.5 cm³/mol. The minimum atomic E-state index is -0.151. The molecule has 2 aromatic carbocycles. The van der Waals surface area contributed by atoms with Crippen molar-refractivity contribution in [2.24, 2.45) is 0 Å². The maximum atomic E-state index is 12.0. The number of aryl methyl sites for hydroxylation is 2. The van der Waals surface area contributed by atoms with E-state index in [1.54, 1.807) is 18.2 Å². The van der Waals surface area contributed by atoms with Gasteiger partial charge in [-0.3, -0.25) is 9.59 Å². The van der Waals surface area contributed by atoms with E-state index in [4.69, 9.17) is 0 Å². The third-order valence-electron chi connectivity index (χ3n) is 3.54. The Labute approximate surface area is 130 Å². The van der Waals surface area contributed by atoms with E-state index in [1.165, 1.54) is 12.5 Å². The summed E-state index contributed by atoms with van der Waals surface area (Å²) in [5, 5.41) is 5.85. The molecule has 0 heterocycles. The van der Waals surface area contributed by atoms with Crippen molar-refractivity contribution in [3.05, 3.63) is 59.2 Å². The zero-order valence-corrected chi connectivity index (χ0v) is 13.1. The smallest absolute Gasteiger partial charge is 0.243 e. The van der Waals surface area contributed by atoms with E-state index in [0.29, 0.717) is 11.3 Å². The van der Waals surface area contributed by atoms with Gasteiger partial charge in [0.25, 0.3) is 0 Å². The van der Waals surface area contributed by atoms with Gasteiger partial charge in [0, 0.05) is 16.9 Å². The van der Waals surface area contributed by atoms with Gasteiger partial charge in [0.05, 0.1) is 6.54 Å². The second-order valence-electron chi connectivity index (χ2n) is 5.30. The second kappa shape index (κ2) is 6.89. The normalized spacial score (nSPS) is 10.1. The molecule has 4 nitrogen and oxygen atoms in total. The van der Waals surface area contributed by atoms with Gasteiger partial charge in [0.15, 0.2) is 5.78 Å². The Morgan fingerprint density at radius 1 is 1.00 bits per heavy atom. The summed E-state index contributed by atoms with van der Waals surface area (Å²) >= 11 is 0. The third kappa shape index (κ3) is 3.95. The Morgan fingerprint density at radius 2 is 1.73 bits per heavy atom. The van der Waals surface area contributed by atoms with E-state index in [0.717, 1.165) is 11.3 Å². The maximum Gasteiger partial charge on any atom is 0.243 e. The van der Waals surface area contributed by atoms with Gasteiger partial charge in [-0.05, 0) is 56.2 Å². The average Bonchev–Trinajstić information content (AvgIpc) is 2.49. The highest BCUT2D eigenvalue weighted by atomic mass is 16.2. The molecule has 1 amide bonds. The monoisotopic (exact) mass is 296 g/mol. The molecule has 114 valence electrons. The first kappa shape index (κ1) is 15.8. The van der Waals surface area contributed by atoms with Gasteiger partial charge in [0.2, 0.25) is 5.91 Å². The first-order chi connectivity index (χ1) is 10.5. The molecule has 0 atom stereocenters. The summed E-state index contributed by atoms with van der Waals surface area (Å²) in [5.41, 5.74) is 4.35. The van der Waals surface area contributed by atoms with Crippen LogP contribution in [0.1, 0.15) is 28.4 Å². The van der Waals surface area contributed by atoms with E-state index in [1.807, 2.05) is 38.1 Å². The Bertz CT molecular complexity index is 708. The number of para-hydroxylation sites is 1. The number of hydrogen-bond acceptors (Lipinski definition) is 3. The number of benzene rings is 2. The van der Waals surface area contributed by atoms with Crippen LogP contribution in [0.3, 0.4) is 0 Å². The quantitative estimate of drug-likeness (QED) is 0.829. The maximum absolute atomic E-state index is 12.0. The van der Waals surface area contributed by atoms with E-state index in [2.05, 4.69) is 10.6 Å². The molecule has 0 saturated heterocycles. The fourth-order valence-electron chi connectivity index (χ4n) is 2.14. The fourth-order valence-corrected chi connectivity index (χ4v) is 2.14. The van der Waals surface area contributed by atoms with Crippen molar-refractivity contribution in [1.29, 1.82) is 0 Å². The van der Waals surface area contributed by atoms with Crippen molar-refractivity contribution in [3.63, 3.8) is 0 Å². The zero-order chi connectivity index (χ0) is 16.1. The largest absolute Gasteiger partial charge is 0.376 e. The van der Waals surface area contributed by atoms with Crippen molar-refractivity contribution in [3.8, 4) is 0 Å². The average molecular weight is 296 g/mol. The summed E-state index contributed by atoms with van der Waals surface area (Å²) in [5.74, 6) is -0.181. The second-order valence-corrected chi connectivity index (χ2v) is 5.30. The summed E-state index contributed by atoms with van der Waals surface area (Å²) in [7, 11) is 0. The van der Waals surface area contributed by atoms with Crippen LogP contribution < -0.4 is 10.6 Å². The van der Waals surface area contributed by atoms with Crippen molar-refractivity contribution in [2.75, 3.05) is 17.2 Å². The minimum absolute atomic E-state index is 0.0299. The summed E-state index contributed by atoms with van der Waals surface area (Å²) < 4.78 is 0. The molecule has 0 aliphatic rings. The summed E-state index contributed by atoms with van der Waals surface area (Å²) in [6.07, 6.45) is 0. The van der Waals surface area contributed by atoms with Crippen LogP contribution in [0.4, 0.5) is 11.4 Å². The lowest BCUT2D eigenvalue weighted by Crippen LogP contribution is -2.22. The Kier molecular flexibility index (Phi) is 4.94. The molecule has 0 radical (unpaired) electrons. The van der Waals surface area contributed by atoms with Crippen LogP contribution in [0, 0.1) is 13.8 Å². The molecule has 0 aliphatic heterocycles. The molecule has 4 heteroatoms. The van der Waals surface area contributed by atoms with Gasteiger partial charge in [-0.1, -0.05) is 18.2 Å². The van der Waals surface area contributed by atoms with Crippen molar-refractivity contribution in [1.82, 2.24) is 0 Å². The van der Waals surface area contributed by atoms with Crippen LogP contribution >= 0.6 is 0 Å². The molecule has 0 spiro atoms. The molecule has 0 unspecified atom stereocenters. The standard InChI is InChI=1S/C18H20N2O2/c1-12-8-9-15(10-13(12)2)20-18(22)11-19-17-7-5-4-6-16(17)14(3)21/h4-10,19H,11H2,1-3H3,(H,20,22). The highest BCUT2D eigenvalue weighted by Gasteiger charge is 2.08. The van der Waals surface area contributed by atoms with E-state index < -0.39 is 0 Å². The lowest BCUT2D eigenvalue weighted by molar-refractivity contribution is -0.114. The number of rotatable bonds is 5. The molecule has 0 aromatic heterocycles. The lowest BCUT2D eigenvalue weighted by atomic mass is 10.1. The number of Topliss-reactive ketones (excluding diaryl/α,β-unsaturated/α-hetero) is 1. The number of amides is 1. The van der Waals surface area contributed by atoms with Crippen LogP contribution in [-0.4, -0.2) is 18.2 Å². The van der Waals surface area contributed by atoms with E-state index in [-0.39, 0.29) is 18.2 Å². The predicted octanol–water partition coefficient (Wildman–Crippen LogP) is 3.56. The molecule has 0 aliphatic carbocycles. The van der Waals surface area contributed by atoms with E-state index >= 15 is 0 Å². The first-order valence-electron chi connectivity index (χ1n) is 7.18. The van der Waals surface area contributed by atoms with Gasteiger partial charge in [-0.25, -0.2) is 0 Å². The van der Waals surface area contributed by atoms with Crippen LogP contribution in [0.15, 0.2) is 42.5 Å². The number of carbonyl (C=O) groups is 2. The summed E-state index contributed by atoms with van der Waals surface area (Å²) in [4.78, 5) is 23.5. The Morgan fingerprint density at radius 3 is 2.41 bits per heavy atom. The molecule has 0 fully saturated rings. The van der Waals surface area contributed by atoms with Gasteiger partial charge >= 0.3 is 0 Å². The SMILES string of the molecule is CC(=O)c1ccccc1NCC(=O)Nc1ccc(C)c(C)c1. The van der Waals surface area contributed by atoms with Crippen LogP contribution in [-0.2, 0) is 4.79 Å². The summed E-state index contributed by atoms with van der Waals surface area (Å²) in [6.45, 7) is 5.65. The third-order valence-corrected chi connectivity index (χ3v) is 3.54. The number of ketones is 1. The molecule has 2 N–H and O–H groups in total. The Balaban J connectivity index is 1.98. The molecule has 0 saturated carbocycles. The summed E-state index contributed by atoms with van der Waals surface area (Å²) in [6, 6.07) is 13.0. The molecule has 0 bridgehead atoms. The van der Waals surface area contributed by atoms with Gasteiger partial charge < -0.3 is 10.6 Å². The van der Waals surface area contributed by atoms with E-state index in [9.17, 15) is 9.59 Å². The molecular formula is C18H20N2O2. The van der Waals surface area contributed by atoms with Crippen molar-refractivity contribution >= 4 is 23.1 Å². The molecular weight excluding hydrogens is 276 g/mol. The zero-order valence-electron chi connectivity index (χ0n) is 13.1. The van der Waals surface area contributed by atoms with Gasteiger partial charge in [0.1, 0.15) is 0 Å². The number of nitrogens with one attached hydrogen (secondary N) is 2.